The zero-order valence-electron chi connectivity index (χ0n) is 15.6. The number of ketones is 2. The second-order valence-electron chi connectivity index (χ2n) is 6.82. The summed E-state index contributed by atoms with van der Waals surface area (Å²) in [5.74, 6) is -0.839. The molecule has 1 aliphatic rings. The van der Waals surface area contributed by atoms with Crippen molar-refractivity contribution in [3.05, 3.63) is 81.4 Å². The Labute approximate surface area is 177 Å². The Morgan fingerprint density at radius 2 is 1.57 bits per heavy atom. The van der Waals surface area contributed by atoms with E-state index in [1.165, 1.54) is 30.3 Å². The lowest BCUT2D eigenvalue weighted by molar-refractivity contribution is 0.0980. The van der Waals surface area contributed by atoms with Gasteiger partial charge in [-0.25, -0.2) is 0 Å². The number of hydrogen-bond donors (Lipinski definition) is 3. The number of hydrogen-bond acceptors (Lipinski definition) is 6. The van der Waals surface area contributed by atoms with Crippen LogP contribution in [0.3, 0.4) is 0 Å². The maximum absolute atomic E-state index is 13.2. The fourth-order valence-corrected chi connectivity index (χ4v) is 4.47. The number of nitrogen functional groups attached to an aromatic ring is 1. The summed E-state index contributed by atoms with van der Waals surface area (Å²) < 4.78 is 33.2. The molecule has 0 saturated carbocycles. The minimum Gasteiger partial charge on any atom is -0.398 e. The molecule has 0 heterocycles. The molecule has 0 aromatic heterocycles. The van der Waals surface area contributed by atoms with E-state index < -0.39 is 26.6 Å². The summed E-state index contributed by atoms with van der Waals surface area (Å²) in [6.07, 6.45) is 0. The first-order chi connectivity index (χ1) is 14.1. The van der Waals surface area contributed by atoms with E-state index in [-0.39, 0.29) is 44.3 Å². The molecule has 1 aliphatic carbocycles. The molecule has 4 rings (SSSR count). The Morgan fingerprint density at radius 3 is 2.17 bits per heavy atom. The molecule has 0 unspecified atom stereocenters. The van der Waals surface area contributed by atoms with Crippen LogP contribution in [0.2, 0.25) is 5.02 Å². The van der Waals surface area contributed by atoms with Gasteiger partial charge in [0.25, 0.3) is 10.1 Å². The van der Waals surface area contributed by atoms with Gasteiger partial charge in [-0.1, -0.05) is 41.9 Å². The SMILES string of the molecule is Cc1cc(Nc2c(Cl)cccc2S(=O)(=O)O)c2c(c1N)C(=O)c1ccccc1C2=O. The maximum atomic E-state index is 13.2. The van der Waals surface area contributed by atoms with E-state index in [2.05, 4.69) is 5.32 Å². The number of aryl methyl sites for hydroxylation is 1. The normalized spacial score (nSPS) is 13.0. The van der Waals surface area contributed by atoms with Gasteiger partial charge in [-0.05, 0) is 30.7 Å². The zero-order chi connectivity index (χ0) is 21.8. The van der Waals surface area contributed by atoms with E-state index in [0.717, 1.165) is 0 Å². The number of halogens is 1. The summed E-state index contributed by atoms with van der Waals surface area (Å²) in [4.78, 5) is 25.9. The van der Waals surface area contributed by atoms with Crippen LogP contribution in [0.4, 0.5) is 17.1 Å². The first-order valence-electron chi connectivity index (χ1n) is 8.75. The van der Waals surface area contributed by atoms with Crippen LogP contribution in [0.25, 0.3) is 0 Å². The van der Waals surface area contributed by atoms with Gasteiger partial charge in [0.15, 0.2) is 11.6 Å². The number of carbonyl (C=O) groups excluding carboxylic acids is 2. The fourth-order valence-electron chi connectivity index (χ4n) is 3.53. The number of benzene rings is 3. The van der Waals surface area contributed by atoms with Gasteiger partial charge in [0.05, 0.1) is 27.5 Å². The largest absolute Gasteiger partial charge is 0.398 e. The van der Waals surface area contributed by atoms with Crippen LogP contribution in [0.1, 0.15) is 37.4 Å². The Bertz CT molecular complexity index is 1370. The molecule has 3 aromatic rings. The predicted octanol–water partition coefficient (Wildman–Crippen LogP) is 4.00. The number of rotatable bonds is 3. The highest BCUT2D eigenvalue weighted by Crippen LogP contribution is 2.40. The Kier molecular flexibility index (Phi) is 4.65. The van der Waals surface area contributed by atoms with Gasteiger partial charge in [-0.3, -0.25) is 14.1 Å². The van der Waals surface area contributed by atoms with Crippen LogP contribution in [-0.2, 0) is 10.1 Å². The molecule has 0 radical (unpaired) electrons. The highest BCUT2D eigenvalue weighted by Gasteiger charge is 2.34. The predicted molar refractivity (Wildman–Crippen MR) is 113 cm³/mol. The molecule has 7 nitrogen and oxygen atoms in total. The van der Waals surface area contributed by atoms with Crippen LogP contribution >= 0.6 is 11.6 Å². The third-order valence-corrected chi connectivity index (χ3v) is 6.17. The van der Waals surface area contributed by atoms with Crippen molar-refractivity contribution in [1.82, 2.24) is 0 Å². The molecule has 0 amide bonds. The van der Waals surface area contributed by atoms with Crippen molar-refractivity contribution in [2.75, 3.05) is 11.1 Å². The number of fused-ring (bicyclic) bond motifs is 2. The monoisotopic (exact) mass is 442 g/mol. The second kappa shape index (κ2) is 6.94. The van der Waals surface area contributed by atoms with Gasteiger partial charge in [0.1, 0.15) is 4.90 Å². The molecule has 0 aliphatic heterocycles. The van der Waals surface area contributed by atoms with Crippen LogP contribution in [0.5, 0.6) is 0 Å². The number of para-hydroxylation sites is 1. The first-order valence-corrected chi connectivity index (χ1v) is 10.6. The summed E-state index contributed by atoms with van der Waals surface area (Å²) in [6.45, 7) is 1.66. The molecule has 0 atom stereocenters. The topological polar surface area (TPSA) is 127 Å². The molecule has 30 heavy (non-hydrogen) atoms. The Balaban J connectivity index is 1.99. The van der Waals surface area contributed by atoms with Crippen LogP contribution in [0, 0.1) is 6.92 Å². The van der Waals surface area contributed by atoms with E-state index in [0.29, 0.717) is 5.56 Å². The number of nitrogens with two attached hydrogens (primary N) is 1. The lowest BCUT2D eigenvalue weighted by Crippen LogP contribution is -2.24. The molecule has 152 valence electrons. The maximum Gasteiger partial charge on any atom is 0.296 e. The van der Waals surface area contributed by atoms with Gasteiger partial charge in [0, 0.05) is 16.8 Å². The van der Waals surface area contributed by atoms with E-state index in [4.69, 9.17) is 17.3 Å². The van der Waals surface area contributed by atoms with Gasteiger partial charge >= 0.3 is 0 Å². The van der Waals surface area contributed by atoms with E-state index in [9.17, 15) is 22.6 Å². The summed E-state index contributed by atoms with van der Waals surface area (Å²) in [5, 5.41) is 2.83. The lowest BCUT2D eigenvalue weighted by atomic mass is 9.81. The number of carbonyl (C=O) groups is 2. The van der Waals surface area contributed by atoms with Crippen LogP contribution in [0.15, 0.2) is 53.4 Å². The third kappa shape index (κ3) is 3.06. The van der Waals surface area contributed by atoms with Crippen LogP contribution in [-0.4, -0.2) is 24.5 Å². The average molecular weight is 443 g/mol. The van der Waals surface area contributed by atoms with Crippen LogP contribution < -0.4 is 11.1 Å². The zero-order valence-corrected chi connectivity index (χ0v) is 17.1. The quantitative estimate of drug-likeness (QED) is 0.323. The van der Waals surface area contributed by atoms with Gasteiger partial charge < -0.3 is 11.1 Å². The molecule has 0 saturated heterocycles. The molecular weight excluding hydrogens is 428 g/mol. The minimum atomic E-state index is -4.61. The fraction of sp³-hybridized carbons (Fsp3) is 0.0476. The third-order valence-electron chi connectivity index (χ3n) is 4.96. The summed E-state index contributed by atoms with van der Waals surface area (Å²) in [7, 11) is -4.61. The number of nitrogens with one attached hydrogen (secondary N) is 1. The second-order valence-corrected chi connectivity index (χ2v) is 8.62. The first kappa shape index (κ1) is 20.1. The highest BCUT2D eigenvalue weighted by atomic mass is 35.5. The Morgan fingerprint density at radius 1 is 0.967 bits per heavy atom. The molecular formula is C21H15ClN2O5S. The molecule has 4 N–H and O–H groups in total. The van der Waals surface area contributed by atoms with Gasteiger partial charge in [-0.2, -0.15) is 8.42 Å². The molecule has 9 heteroatoms. The van der Waals surface area contributed by atoms with E-state index in [1.807, 2.05) is 0 Å². The van der Waals surface area contributed by atoms with Crippen molar-refractivity contribution in [2.45, 2.75) is 11.8 Å². The van der Waals surface area contributed by atoms with Crippen molar-refractivity contribution < 1.29 is 22.6 Å². The minimum absolute atomic E-state index is 0.00309. The summed E-state index contributed by atoms with van der Waals surface area (Å²) in [6, 6.07) is 11.9. The molecule has 0 bridgehead atoms. The standard InChI is InChI=1S/C21H15ClN2O5S/c1-10-9-14(24-19-13(22)7-4-8-15(19)30(27,28)29)16-17(18(10)23)21(26)12-6-3-2-5-11(12)20(16)25/h2-9,24H,23H2,1H3,(H,27,28,29). The smallest absolute Gasteiger partial charge is 0.296 e. The molecule has 0 spiro atoms. The van der Waals surface area contributed by atoms with Crippen molar-refractivity contribution in [1.29, 1.82) is 0 Å². The van der Waals surface area contributed by atoms with Gasteiger partial charge in [-0.15, -0.1) is 0 Å². The van der Waals surface area contributed by atoms with Crippen molar-refractivity contribution in [3.63, 3.8) is 0 Å². The van der Waals surface area contributed by atoms with Gasteiger partial charge in [0.2, 0.25) is 0 Å². The summed E-state index contributed by atoms with van der Waals surface area (Å²) >= 11 is 6.17. The lowest BCUT2D eigenvalue weighted by Gasteiger charge is -2.24. The van der Waals surface area contributed by atoms with Crippen molar-refractivity contribution in [3.8, 4) is 0 Å². The number of anilines is 3. The molecule has 3 aromatic carbocycles. The average Bonchev–Trinajstić information content (AvgIpc) is 2.69. The Hall–Kier alpha value is -3.20. The highest BCUT2D eigenvalue weighted by molar-refractivity contribution is 7.86. The molecule has 0 fully saturated rings. The van der Waals surface area contributed by atoms with Crippen molar-refractivity contribution >= 4 is 50.3 Å². The van der Waals surface area contributed by atoms with Crippen molar-refractivity contribution in [2.24, 2.45) is 0 Å². The van der Waals surface area contributed by atoms with E-state index >= 15 is 0 Å². The van der Waals surface area contributed by atoms with E-state index in [1.54, 1.807) is 25.1 Å². The summed E-state index contributed by atoms with van der Waals surface area (Å²) in [5.41, 5.74) is 7.38.